The highest BCUT2D eigenvalue weighted by Crippen LogP contribution is 2.25. The third-order valence-corrected chi connectivity index (χ3v) is 4.14. The van der Waals surface area contributed by atoms with Gasteiger partial charge in [0, 0.05) is 14.9 Å². The molecule has 0 aromatic heterocycles. The minimum atomic E-state index is 0.312. The van der Waals surface area contributed by atoms with Crippen molar-refractivity contribution in [1.29, 1.82) is 0 Å². The van der Waals surface area contributed by atoms with E-state index in [0.717, 1.165) is 11.7 Å². The van der Waals surface area contributed by atoms with E-state index in [1.54, 1.807) is 0 Å². The van der Waals surface area contributed by atoms with E-state index in [4.69, 9.17) is 4.74 Å². The van der Waals surface area contributed by atoms with Gasteiger partial charge in [-0.3, -0.25) is 0 Å². The third-order valence-electron chi connectivity index (χ3n) is 2.42. The predicted octanol–water partition coefficient (Wildman–Crippen LogP) is 3.32. The number of benzene rings is 1. The first kappa shape index (κ1) is 12.2. The zero-order valence-electron chi connectivity index (χ0n) is 9.37. The van der Waals surface area contributed by atoms with Gasteiger partial charge < -0.3 is 4.74 Å². The van der Waals surface area contributed by atoms with Crippen molar-refractivity contribution in [1.82, 2.24) is 0 Å². The van der Waals surface area contributed by atoms with Crippen LogP contribution in [0.1, 0.15) is 18.1 Å². The smallest absolute Gasteiger partial charge is 0.218 e. The Labute approximate surface area is 114 Å². The Bertz CT molecular complexity index is 419. The van der Waals surface area contributed by atoms with E-state index in [2.05, 4.69) is 59.0 Å². The van der Waals surface area contributed by atoms with Crippen molar-refractivity contribution in [2.24, 2.45) is 4.99 Å². The molecule has 1 unspecified atom stereocenters. The number of fused-ring (bicyclic) bond motifs is 1. The molecule has 1 aliphatic rings. The van der Waals surface area contributed by atoms with Gasteiger partial charge in [0.1, 0.15) is 6.61 Å². The number of rotatable bonds is 3. The molecule has 0 spiro atoms. The summed E-state index contributed by atoms with van der Waals surface area (Å²) in [6.07, 6.45) is 2.10. The molecule has 0 saturated heterocycles. The molecular formula is C12H14INOS. The highest BCUT2D eigenvalue weighted by atomic mass is 127. The van der Waals surface area contributed by atoms with Crippen molar-refractivity contribution in [2.75, 3.05) is 12.0 Å². The molecule has 0 saturated carbocycles. The lowest BCUT2D eigenvalue weighted by molar-refractivity contribution is 0.310. The van der Waals surface area contributed by atoms with Crippen LogP contribution in [0.5, 0.6) is 0 Å². The van der Waals surface area contributed by atoms with Crippen LogP contribution in [0.4, 0.5) is 0 Å². The van der Waals surface area contributed by atoms with E-state index in [0.29, 0.717) is 12.6 Å². The number of aliphatic imine (C=N–C) groups is 1. The monoisotopic (exact) mass is 347 g/mol. The maximum atomic E-state index is 5.66. The summed E-state index contributed by atoms with van der Waals surface area (Å²) in [5.41, 5.74) is 2.44. The van der Waals surface area contributed by atoms with Crippen molar-refractivity contribution in [3.63, 3.8) is 0 Å². The van der Waals surface area contributed by atoms with E-state index in [9.17, 15) is 0 Å². The minimum Gasteiger partial charge on any atom is -0.473 e. The van der Waals surface area contributed by atoms with Crippen LogP contribution in [-0.2, 0) is 11.3 Å². The van der Waals surface area contributed by atoms with Crippen molar-refractivity contribution in [2.45, 2.75) is 19.6 Å². The SMILES string of the molecule is CSCC(C)N=C1OCc2cccc(I)c21. The lowest BCUT2D eigenvalue weighted by atomic mass is 10.1. The van der Waals surface area contributed by atoms with Crippen LogP contribution in [0.25, 0.3) is 0 Å². The second kappa shape index (κ2) is 5.40. The lowest BCUT2D eigenvalue weighted by Crippen LogP contribution is -2.09. The van der Waals surface area contributed by atoms with E-state index >= 15 is 0 Å². The molecule has 1 heterocycles. The minimum absolute atomic E-state index is 0.312. The molecule has 16 heavy (non-hydrogen) atoms. The third kappa shape index (κ3) is 2.53. The van der Waals surface area contributed by atoms with E-state index in [1.807, 2.05) is 11.8 Å². The van der Waals surface area contributed by atoms with Crippen LogP contribution in [0.2, 0.25) is 0 Å². The first-order valence-corrected chi connectivity index (χ1v) is 7.67. The molecule has 0 radical (unpaired) electrons. The van der Waals surface area contributed by atoms with Gasteiger partial charge in [-0.25, -0.2) is 4.99 Å². The molecular weight excluding hydrogens is 333 g/mol. The summed E-state index contributed by atoms with van der Waals surface area (Å²) in [6, 6.07) is 6.59. The normalized spacial score (nSPS) is 18.3. The molecule has 1 atom stereocenters. The Morgan fingerprint density at radius 1 is 1.56 bits per heavy atom. The summed E-state index contributed by atoms with van der Waals surface area (Å²) in [5, 5.41) is 0. The molecule has 2 rings (SSSR count). The highest BCUT2D eigenvalue weighted by Gasteiger charge is 2.22. The van der Waals surface area contributed by atoms with E-state index < -0.39 is 0 Å². The van der Waals surface area contributed by atoms with Gasteiger partial charge in [-0.2, -0.15) is 11.8 Å². The maximum absolute atomic E-state index is 5.66. The van der Waals surface area contributed by atoms with Gasteiger partial charge >= 0.3 is 0 Å². The van der Waals surface area contributed by atoms with Crippen molar-refractivity contribution >= 4 is 40.3 Å². The summed E-state index contributed by atoms with van der Waals surface area (Å²) in [5.74, 6) is 1.85. The predicted molar refractivity (Wildman–Crippen MR) is 78.3 cm³/mol. The molecule has 1 aromatic carbocycles. The number of ether oxygens (including phenoxy) is 1. The number of halogens is 1. The molecule has 4 heteroatoms. The zero-order valence-corrected chi connectivity index (χ0v) is 12.3. The molecule has 0 amide bonds. The fourth-order valence-electron chi connectivity index (χ4n) is 1.73. The second-order valence-corrected chi connectivity index (χ2v) is 5.87. The van der Waals surface area contributed by atoms with Gasteiger partial charge in [0.15, 0.2) is 0 Å². The number of hydrogen-bond donors (Lipinski definition) is 0. The molecule has 0 aliphatic carbocycles. The van der Waals surface area contributed by atoms with Gasteiger partial charge in [0.2, 0.25) is 5.90 Å². The number of hydrogen-bond acceptors (Lipinski definition) is 3. The van der Waals surface area contributed by atoms with Crippen LogP contribution in [0.15, 0.2) is 23.2 Å². The Morgan fingerprint density at radius 2 is 2.38 bits per heavy atom. The van der Waals surface area contributed by atoms with Crippen molar-refractivity contribution in [3.05, 3.63) is 32.9 Å². The standard InChI is InChI=1S/C12H14INOS/c1-8(7-16-2)14-12-11-9(6-15-12)4-3-5-10(11)13/h3-5,8H,6-7H2,1-2H3. The zero-order chi connectivity index (χ0) is 11.5. The van der Waals surface area contributed by atoms with Crippen LogP contribution >= 0.6 is 34.4 Å². The summed E-state index contributed by atoms with van der Waals surface area (Å²) in [7, 11) is 0. The van der Waals surface area contributed by atoms with Gasteiger partial charge in [-0.1, -0.05) is 12.1 Å². The highest BCUT2D eigenvalue weighted by molar-refractivity contribution is 14.1. The average molecular weight is 347 g/mol. The van der Waals surface area contributed by atoms with Crippen LogP contribution in [-0.4, -0.2) is 23.9 Å². The Kier molecular flexibility index (Phi) is 4.13. The Hall–Kier alpha value is -0.230. The topological polar surface area (TPSA) is 21.6 Å². The quantitative estimate of drug-likeness (QED) is 0.783. The van der Waals surface area contributed by atoms with Gasteiger partial charge in [-0.05, 0) is 41.8 Å². The van der Waals surface area contributed by atoms with Crippen LogP contribution in [0.3, 0.4) is 0 Å². The number of nitrogens with zero attached hydrogens (tertiary/aromatic N) is 1. The molecule has 0 N–H and O–H groups in total. The maximum Gasteiger partial charge on any atom is 0.218 e. The average Bonchev–Trinajstić information content (AvgIpc) is 2.63. The number of thioether (sulfide) groups is 1. The first-order valence-electron chi connectivity index (χ1n) is 5.19. The molecule has 1 aromatic rings. The lowest BCUT2D eigenvalue weighted by Gasteiger charge is -2.06. The van der Waals surface area contributed by atoms with Gasteiger partial charge in [0.25, 0.3) is 0 Å². The largest absolute Gasteiger partial charge is 0.473 e. The van der Waals surface area contributed by atoms with E-state index in [-0.39, 0.29) is 0 Å². The van der Waals surface area contributed by atoms with Gasteiger partial charge in [0.05, 0.1) is 11.6 Å². The first-order chi connectivity index (χ1) is 7.72. The van der Waals surface area contributed by atoms with Crippen molar-refractivity contribution < 1.29 is 4.74 Å². The molecule has 2 nitrogen and oxygen atoms in total. The summed E-state index contributed by atoms with van der Waals surface area (Å²) >= 11 is 4.16. The summed E-state index contributed by atoms with van der Waals surface area (Å²) in [4.78, 5) is 4.64. The van der Waals surface area contributed by atoms with Crippen LogP contribution < -0.4 is 0 Å². The fraction of sp³-hybridized carbons (Fsp3) is 0.417. The van der Waals surface area contributed by atoms with Crippen LogP contribution in [0, 0.1) is 3.57 Å². The van der Waals surface area contributed by atoms with Gasteiger partial charge in [-0.15, -0.1) is 0 Å². The molecule has 1 aliphatic heterocycles. The van der Waals surface area contributed by atoms with Crippen molar-refractivity contribution in [3.8, 4) is 0 Å². The fourth-order valence-corrected chi connectivity index (χ4v) is 3.07. The molecule has 0 bridgehead atoms. The van der Waals surface area contributed by atoms with E-state index in [1.165, 1.54) is 14.7 Å². The summed E-state index contributed by atoms with van der Waals surface area (Å²) in [6.45, 7) is 2.79. The molecule has 86 valence electrons. The Morgan fingerprint density at radius 3 is 3.12 bits per heavy atom. The Balaban J connectivity index is 2.29. The second-order valence-electron chi connectivity index (χ2n) is 3.80. The summed E-state index contributed by atoms with van der Waals surface area (Å²) < 4.78 is 6.88. The molecule has 0 fully saturated rings.